The SMILES string of the molecule is CC(C)(C)[C@H](NCC1CC(N)CN1)C(=O)C1NC(C=O)Cc2ccccc21. The highest BCUT2D eigenvalue weighted by molar-refractivity contribution is 5.92. The van der Waals surface area contributed by atoms with Gasteiger partial charge in [0.1, 0.15) is 6.29 Å². The molecule has 2 heterocycles. The molecule has 1 fully saturated rings. The zero-order chi connectivity index (χ0) is 19.6. The molecule has 0 amide bonds. The molecule has 3 rings (SSSR count). The molecule has 6 heteroatoms. The predicted octanol–water partition coefficient (Wildman–Crippen LogP) is 0.704. The van der Waals surface area contributed by atoms with Crippen LogP contribution in [-0.4, -0.2) is 49.3 Å². The second kappa shape index (κ2) is 8.19. The molecule has 0 aromatic heterocycles. The number of benzene rings is 1. The van der Waals surface area contributed by atoms with Gasteiger partial charge in [0.25, 0.3) is 0 Å². The fraction of sp³-hybridized carbons (Fsp3) is 0.619. The highest BCUT2D eigenvalue weighted by Gasteiger charge is 2.39. The molecule has 1 saturated heterocycles. The lowest BCUT2D eigenvalue weighted by molar-refractivity contribution is -0.126. The van der Waals surface area contributed by atoms with E-state index in [4.69, 9.17) is 5.73 Å². The van der Waals surface area contributed by atoms with E-state index in [1.54, 1.807) is 0 Å². The van der Waals surface area contributed by atoms with Gasteiger partial charge in [0.05, 0.1) is 18.1 Å². The Morgan fingerprint density at radius 3 is 2.74 bits per heavy atom. The number of carbonyl (C=O) groups excluding carboxylic acids is 2. The number of hydrogen-bond acceptors (Lipinski definition) is 6. The summed E-state index contributed by atoms with van der Waals surface area (Å²) in [4.78, 5) is 25.0. The normalized spacial score (nSPS) is 29.2. The molecule has 6 nitrogen and oxygen atoms in total. The molecule has 1 aromatic rings. The van der Waals surface area contributed by atoms with Crippen LogP contribution >= 0.6 is 0 Å². The molecule has 2 aliphatic rings. The van der Waals surface area contributed by atoms with E-state index in [1.165, 1.54) is 0 Å². The number of rotatable bonds is 6. The van der Waals surface area contributed by atoms with E-state index in [0.29, 0.717) is 13.0 Å². The Hall–Kier alpha value is -1.60. The van der Waals surface area contributed by atoms with Crippen LogP contribution in [0.15, 0.2) is 24.3 Å². The van der Waals surface area contributed by atoms with Crippen LogP contribution in [-0.2, 0) is 16.0 Å². The lowest BCUT2D eigenvalue weighted by Crippen LogP contribution is -2.55. The van der Waals surface area contributed by atoms with Crippen molar-refractivity contribution in [2.45, 2.75) is 63.8 Å². The number of Topliss-reactive ketones (excluding diaryl/α,β-unsaturated/α-hetero) is 1. The first-order valence-corrected chi connectivity index (χ1v) is 9.85. The Kier molecular flexibility index (Phi) is 6.11. The maximum absolute atomic E-state index is 13.6. The van der Waals surface area contributed by atoms with Crippen molar-refractivity contribution in [3.63, 3.8) is 0 Å². The summed E-state index contributed by atoms with van der Waals surface area (Å²) in [5.74, 6) is 0.0868. The third-order valence-corrected chi connectivity index (χ3v) is 5.61. The fourth-order valence-electron chi connectivity index (χ4n) is 4.19. The summed E-state index contributed by atoms with van der Waals surface area (Å²) >= 11 is 0. The lowest BCUT2D eigenvalue weighted by atomic mass is 9.78. The highest BCUT2D eigenvalue weighted by atomic mass is 16.1. The molecule has 0 radical (unpaired) electrons. The Bertz CT molecular complexity index is 685. The molecule has 5 N–H and O–H groups in total. The highest BCUT2D eigenvalue weighted by Crippen LogP contribution is 2.30. The first-order valence-electron chi connectivity index (χ1n) is 9.85. The lowest BCUT2D eigenvalue weighted by Gasteiger charge is -2.37. The van der Waals surface area contributed by atoms with Crippen molar-refractivity contribution < 1.29 is 9.59 Å². The summed E-state index contributed by atoms with van der Waals surface area (Å²) in [5.41, 5.74) is 7.79. The van der Waals surface area contributed by atoms with Gasteiger partial charge in [0, 0.05) is 25.2 Å². The van der Waals surface area contributed by atoms with Crippen LogP contribution in [0.1, 0.15) is 44.4 Å². The third kappa shape index (κ3) is 4.63. The number of nitrogens with one attached hydrogen (secondary N) is 3. The van der Waals surface area contributed by atoms with Crippen LogP contribution in [0.4, 0.5) is 0 Å². The number of hydrogen-bond donors (Lipinski definition) is 4. The standard InChI is InChI=1S/C21H32N4O2/c1-21(2,3)20(24-11-15-9-14(22)10-23-15)19(27)18-17-7-5-4-6-13(17)8-16(12-26)25-18/h4-7,12,14-16,18,20,23-25H,8-11,22H2,1-3H3/t14?,15?,16?,18?,20-/m1/s1. The molecule has 2 aliphatic heterocycles. The minimum atomic E-state index is -0.472. The Morgan fingerprint density at radius 1 is 1.37 bits per heavy atom. The second-order valence-electron chi connectivity index (χ2n) is 8.96. The van der Waals surface area contributed by atoms with Crippen molar-refractivity contribution >= 4 is 12.1 Å². The van der Waals surface area contributed by atoms with Crippen LogP contribution in [0, 0.1) is 5.41 Å². The van der Waals surface area contributed by atoms with Crippen molar-refractivity contribution in [3.8, 4) is 0 Å². The number of nitrogens with two attached hydrogens (primary N) is 1. The molecule has 4 unspecified atom stereocenters. The summed E-state index contributed by atoms with van der Waals surface area (Å²) in [7, 11) is 0. The molecular weight excluding hydrogens is 340 g/mol. The number of ketones is 1. The number of fused-ring (bicyclic) bond motifs is 1. The van der Waals surface area contributed by atoms with Crippen LogP contribution in [0.3, 0.4) is 0 Å². The number of aldehydes is 1. The van der Waals surface area contributed by atoms with Crippen molar-refractivity contribution in [2.24, 2.45) is 11.1 Å². The Balaban J connectivity index is 1.80. The smallest absolute Gasteiger partial charge is 0.171 e. The van der Waals surface area contributed by atoms with Gasteiger partial charge in [-0.2, -0.15) is 0 Å². The zero-order valence-electron chi connectivity index (χ0n) is 16.5. The van der Waals surface area contributed by atoms with Gasteiger partial charge in [-0.1, -0.05) is 45.0 Å². The molecular formula is C21H32N4O2. The van der Waals surface area contributed by atoms with Gasteiger partial charge < -0.3 is 21.2 Å². The minimum Gasteiger partial charge on any atom is -0.326 e. The van der Waals surface area contributed by atoms with E-state index < -0.39 is 6.04 Å². The topological polar surface area (TPSA) is 96.2 Å². The summed E-state index contributed by atoms with van der Waals surface area (Å²) in [6.07, 6.45) is 2.44. The molecule has 5 atom stereocenters. The Morgan fingerprint density at radius 2 is 2.11 bits per heavy atom. The van der Waals surface area contributed by atoms with E-state index in [9.17, 15) is 9.59 Å². The van der Waals surface area contributed by atoms with Crippen LogP contribution < -0.4 is 21.7 Å². The molecule has 1 aromatic carbocycles. The fourth-order valence-corrected chi connectivity index (χ4v) is 4.19. The average molecular weight is 373 g/mol. The van der Waals surface area contributed by atoms with Gasteiger partial charge in [-0.3, -0.25) is 10.1 Å². The summed E-state index contributed by atoms with van der Waals surface area (Å²) in [6, 6.07) is 7.25. The number of carbonyl (C=O) groups is 2. The summed E-state index contributed by atoms with van der Waals surface area (Å²) in [5, 5.41) is 10.1. The monoisotopic (exact) mass is 372 g/mol. The molecule has 148 valence electrons. The zero-order valence-corrected chi connectivity index (χ0v) is 16.5. The van der Waals surface area contributed by atoms with Crippen molar-refractivity contribution in [1.29, 1.82) is 0 Å². The molecule has 0 aliphatic carbocycles. The average Bonchev–Trinajstić information content (AvgIpc) is 3.04. The molecule has 0 saturated carbocycles. The van der Waals surface area contributed by atoms with E-state index in [2.05, 4.69) is 36.7 Å². The van der Waals surface area contributed by atoms with E-state index >= 15 is 0 Å². The van der Waals surface area contributed by atoms with E-state index in [0.717, 1.165) is 30.4 Å². The Labute approximate surface area is 161 Å². The van der Waals surface area contributed by atoms with Gasteiger partial charge >= 0.3 is 0 Å². The maximum atomic E-state index is 13.6. The maximum Gasteiger partial charge on any atom is 0.171 e. The first-order chi connectivity index (χ1) is 12.8. The van der Waals surface area contributed by atoms with Crippen LogP contribution in [0.25, 0.3) is 0 Å². The molecule has 0 bridgehead atoms. The summed E-state index contributed by atoms with van der Waals surface area (Å²) < 4.78 is 0. The van der Waals surface area contributed by atoms with Gasteiger partial charge in [-0.05, 0) is 29.4 Å². The van der Waals surface area contributed by atoms with Crippen molar-refractivity contribution in [1.82, 2.24) is 16.0 Å². The minimum absolute atomic E-state index is 0.0868. The van der Waals surface area contributed by atoms with E-state index in [1.807, 2.05) is 24.3 Å². The van der Waals surface area contributed by atoms with Crippen LogP contribution in [0.2, 0.25) is 0 Å². The van der Waals surface area contributed by atoms with Gasteiger partial charge in [0.2, 0.25) is 0 Å². The van der Waals surface area contributed by atoms with E-state index in [-0.39, 0.29) is 35.4 Å². The van der Waals surface area contributed by atoms with Gasteiger partial charge in [-0.15, -0.1) is 0 Å². The van der Waals surface area contributed by atoms with Gasteiger partial charge in [0.15, 0.2) is 5.78 Å². The summed E-state index contributed by atoms with van der Waals surface area (Å²) in [6.45, 7) is 7.73. The first kappa shape index (κ1) is 20.1. The molecule has 27 heavy (non-hydrogen) atoms. The largest absolute Gasteiger partial charge is 0.326 e. The van der Waals surface area contributed by atoms with Crippen LogP contribution in [0.5, 0.6) is 0 Å². The quantitative estimate of drug-likeness (QED) is 0.549. The van der Waals surface area contributed by atoms with Gasteiger partial charge in [-0.25, -0.2) is 0 Å². The third-order valence-electron chi connectivity index (χ3n) is 5.61. The van der Waals surface area contributed by atoms with Crippen molar-refractivity contribution in [3.05, 3.63) is 35.4 Å². The molecule has 0 spiro atoms. The predicted molar refractivity (Wildman–Crippen MR) is 107 cm³/mol. The van der Waals surface area contributed by atoms with Crippen molar-refractivity contribution in [2.75, 3.05) is 13.1 Å². The second-order valence-corrected chi connectivity index (χ2v) is 8.96.